The lowest BCUT2D eigenvalue weighted by molar-refractivity contribution is 0.631. The number of aromatic nitrogens is 1. The second kappa shape index (κ2) is 3.72. The molecule has 1 heterocycles. The molecule has 60 valence electrons. The van der Waals surface area contributed by atoms with Crippen LogP contribution in [0.3, 0.4) is 0 Å². The van der Waals surface area contributed by atoms with Crippen LogP contribution in [0.15, 0.2) is 24.5 Å². The Hall–Kier alpha value is 0.180. The third kappa shape index (κ3) is 3.92. The van der Waals surface area contributed by atoms with Crippen molar-refractivity contribution in [2.24, 2.45) is 0 Å². The second-order valence-corrected chi connectivity index (χ2v) is 8.83. The molecule has 0 unspecified atom stereocenters. The molecule has 11 heavy (non-hydrogen) atoms. The van der Waals surface area contributed by atoms with E-state index >= 15 is 0 Å². The molecule has 1 rings (SSSR count). The van der Waals surface area contributed by atoms with Gasteiger partial charge in [0.15, 0.2) is 0 Å². The van der Waals surface area contributed by atoms with Crippen molar-refractivity contribution in [3.8, 4) is 5.75 Å². The summed E-state index contributed by atoms with van der Waals surface area (Å²) >= 11 is 15.7. The summed E-state index contributed by atoms with van der Waals surface area (Å²) in [7, 11) is 0. The van der Waals surface area contributed by atoms with E-state index in [1.165, 1.54) is 6.20 Å². The number of rotatable bonds is 2. The highest BCUT2D eigenvalue weighted by Crippen LogP contribution is 2.57. The van der Waals surface area contributed by atoms with E-state index in [4.69, 9.17) is 27.0 Å². The maximum absolute atomic E-state index is 5.51. The van der Waals surface area contributed by atoms with Crippen LogP contribution < -0.4 is 4.52 Å². The van der Waals surface area contributed by atoms with Crippen molar-refractivity contribution in [3.63, 3.8) is 0 Å². The van der Waals surface area contributed by atoms with Crippen molar-refractivity contribution in [2.45, 2.75) is 0 Å². The summed E-state index contributed by atoms with van der Waals surface area (Å²) in [4.78, 5) is 1.15. The van der Waals surface area contributed by atoms with Gasteiger partial charge in [-0.2, -0.15) is 0 Å². The summed E-state index contributed by atoms with van der Waals surface area (Å²) in [5.41, 5.74) is 0. The molecular formula is C5H4Cl2NOPS. The Morgan fingerprint density at radius 1 is 1.55 bits per heavy atom. The minimum Gasteiger partial charge on any atom is -0.439 e. The largest absolute Gasteiger partial charge is 0.439 e. The van der Waals surface area contributed by atoms with Crippen LogP contribution in [-0.2, 0) is 11.8 Å². The Morgan fingerprint density at radius 3 is 2.73 bits per heavy atom. The molecule has 0 spiro atoms. The van der Waals surface area contributed by atoms with Crippen molar-refractivity contribution in [3.05, 3.63) is 24.5 Å². The molecule has 6 heteroatoms. The minimum atomic E-state index is -2.65. The van der Waals surface area contributed by atoms with E-state index < -0.39 is 4.97 Å². The van der Waals surface area contributed by atoms with E-state index in [0.717, 1.165) is 0 Å². The number of halogens is 2. The molecule has 0 N–H and O–H groups in total. The smallest absolute Gasteiger partial charge is 0.289 e. The number of nitrogens with zero attached hydrogens (tertiary/aromatic N) is 1. The van der Waals surface area contributed by atoms with E-state index in [2.05, 4.69) is 16.8 Å². The lowest BCUT2D eigenvalue weighted by Gasteiger charge is -2.06. The SMILES string of the molecule is S=P(Cl)(Cl)Oc1cccnc1. The van der Waals surface area contributed by atoms with E-state index in [0.29, 0.717) is 5.75 Å². The Bertz CT molecular complexity index is 275. The van der Waals surface area contributed by atoms with Gasteiger partial charge in [-0.25, -0.2) is 0 Å². The van der Waals surface area contributed by atoms with Crippen LogP contribution in [0.2, 0.25) is 0 Å². The molecule has 1 aromatic rings. The Labute approximate surface area is 79.2 Å². The maximum Gasteiger partial charge on any atom is 0.289 e. The molecule has 0 aromatic carbocycles. The lowest BCUT2D eigenvalue weighted by atomic mass is 10.5. The molecule has 0 aliphatic heterocycles. The average molecular weight is 228 g/mol. The minimum absolute atomic E-state index is 0.501. The van der Waals surface area contributed by atoms with Crippen LogP contribution in [0.25, 0.3) is 0 Å². The van der Waals surface area contributed by atoms with Crippen LogP contribution in [0, 0.1) is 0 Å². The van der Waals surface area contributed by atoms with Gasteiger partial charge in [0, 0.05) is 6.20 Å². The molecule has 2 nitrogen and oxygen atoms in total. The zero-order chi connectivity index (χ0) is 8.32. The van der Waals surface area contributed by atoms with Gasteiger partial charge in [0.1, 0.15) is 5.75 Å². The van der Waals surface area contributed by atoms with E-state index in [1.807, 2.05) is 0 Å². The molecule has 0 atom stereocenters. The highest BCUT2D eigenvalue weighted by molar-refractivity contribution is 8.36. The first-order valence-electron chi connectivity index (χ1n) is 2.67. The normalized spacial score (nSPS) is 11.1. The zero-order valence-electron chi connectivity index (χ0n) is 5.28. The van der Waals surface area contributed by atoms with Crippen molar-refractivity contribution in [1.82, 2.24) is 4.98 Å². The van der Waals surface area contributed by atoms with E-state index in [9.17, 15) is 0 Å². The number of pyridine rings is 1. The summed E-state index contributed by atoms with van der Waals surface area (Å²) in [5.74, 6) is 0.501. The molecular weight excluding hydrogens is 224 g/mol. The fraction of sp³-hybridized carbons (Fsp3) is 0. The second-order valence-electron chi connectivity index (χ2n) is 1.69. The van der Waals surface area contributed by atoms with Gasteiger partial charge in [-0.15, -0.1) is 0 Å². The van der Waals surface area contributed by atoms with Gasteiger partial charge in [-0.05, 0) is 46.4 Å². The van der Waals surface area contributed by atoms with Gasteiger partial charge in [-0.1, -0.05) is 0 Å². The Kier molecular flexibility index (Phi) is 3.14. The zero-order valence-corrected chi connectivity index (χ0v) is 8.50. The van der Waals surface area contributed by atoms with E-state index in [1.54, 1.807) is 18.3 Å². The third-order valence-corrected chi connectivity index (χ3v) is 1.91. The van der Waals surface area contributed by atoms with Crippen molar-refractivity contribution in [2.75, 3.05) is 0 Å². The molecule has 0 saturated heterocycles. The lowest BCUT2D eigenvalue weighted by Crippen LogP contribution is -1.80. The molecule has 0 aliphatic carbocycles. The molecule has 1 aromatic heterocycles. The quantitative estimate of drug-likeness (QED) is 0.725. The number of hydrogen-bond acceptors (Lipinski definition) is 3. The van der Waals surface area contributed by atoms with Gasteiger partial charge in [0.25, 0.3) is 4.97 Å². The summed E-state index contributed by atoms with van der Waals surface area (Å²) in [5, 5.41) is 0. The molecule has 0 amide bonds. The summed E-state index contributed by atoms with van der Waals surface area (Å²) < 4.78 is 5.00. The highest BCUT2D eigenvalue weighted by Gasteiger charge is 2.09. The van der Waals surface area contributed by atoms with Crippen molar-refractivity contribution >= 4 is 39.3 Å². The molecule has 0 bridgehead atoms. The fourth-order valence-electron chi connectivity index (χ4n) is 0.524. The number of hydrogen-bond donors (Lipinski definition) is 0. The maximum atomic E-state index is 5.51. The Morgan fingerprint density at radius 2 is 2.27 bits per heavy atom. The molecule has 0 aliphatic rings. The van der Waals surface area contributed by atoms with Gasteiger partial charge in [0.05, 0.1) is 6.20 Å². The average Bonchev–Trinajstić information content (AvgIpc) is 1.85. The topological polar surface area (TPSA) is 22.1 Å². The predicted molar refractivity (Wildman–Crippen MR) is 50.9 cm³/mol. The monoisotopic (exact) mass is 227 g/mol. The first-order valence-corrected chi connectivity index (χ1v) is 7.20. The van der Waals surface area contributed by atoms with Crippen LogP contribution in [0.1, 0.15) is 0 Å². The molecule has 0 saturated carbocycles. The Balaban J connectivity index is 2.74. The van der Waals surface area contributed by atoms with Gasteiger partial charge < -0.3 is 4.52 Å². The van der Waals surface area contributed by atoms with Gasteiger partial charge in [-0.3, -0.25) is 4.98 Å². The van der Waals surface area contributed by atoms with Crippen LogP contribution in [-0.4, -0.2) is 4.98 Å². The summed E-state index contributed by atoms with van der Waals surface area (Å²) in [6.07, 6.45) is 3.13. The van der Waals surface area contributed by atoms with Gasteiger partial charge in [0.2, 0.25) is 0 Å². The predicted octanol–water partition coefficient (Wildman–Crippen LogP) is 3.16. The van der Waals surface area contributed by atoms with Gasteiger partial charge >= 0.3 is 0 Å². The molecule has 0 fully saturated rings. The van der Waals surface area contributed by atoms with Crippen LogP contribution in [0.4, 0.5) is 0 Å². The highest BCUT2D eigenvalue weighted by atomic mass is 35.9. The third-order valence-electron chi connectivity index (χ3n) is 0.846. The van der Waals surface area contributed by atoms with E-state index in [-0.39, 0.29) is 0 Å². The first kappa shape index (κ1) is 9.27. The summed E-state index contributed by atoms with van der Waals surface area (Å²) in [6, 6.07) is 3.41. The fourth-order valence-corrected chi connectivity index (χ4v) is 1.61. The molecule has 0 radical (unpaired) electrons. The first-order chi connectivity index (χ1) is 5.08. The summed E-state index contributed by atoms with van der Waals surface area (Å²) in [6.45, 7) is 0. The van der Waals surface area contributed by atoms with Crippen molar-refractivity contribution in [1.29, 1.82) is 0 Å². The van der Waals surface area contributed by atoms with Crippen molar-refractivity contribution < 1.29 is 4.52 Å². The van der Waals surface area contributed by atoms with Crippen LogP contribution in [0.5, 0.6) is 5.75 Å². The standard InChI is InChI=1S/C5H4Cl2NOPS/c6-10(7,11)9-5-2-1-3-8-4-5/h1-4H. The van der Waals surface area contributed by atoms with Crippen LogP contribution >= 0.6 is 27.5 Å².